The topological polar surface area (TPSA) is 77.9 Å². The van der Waals surface area contributed by atoms with Gasteiger partial charge in [-0.2, -0.15) is 0 Å². The molecule has 1 amide bonds. The number of hydrogen-bond acceptors (Lipinski definition) is 4. The number of amides is 1. The molecule has 1 heterocycles. The summed E-state index contributed by atoms with van der Waals surface area (Å²) in [4.78, 5) is 41.9. The highest BCUT2D eigenvalue weighted by Crippen LogP contribution is 2.64. The number of ketones is 1. The van der Waals surface area contributed by atoms with E-state index in [1.807, 2.05) is 24.8 Å². The number of carboxylic acids is 1. The van der Waals surface area contributed by atoms with Crippen LogP contribution in [0.1, 0.15) is 91.9 Å². The molecule has 4 rings (SSSR count). The molecule has 0 aromatic rings. The van der Waals surface area contributed by atoms with Gasteiger partial charge in [0.15, 0.2) is 5.78 Å². The lowest BCUT2D eigenvalue weighted by atomic mass is 9.49. The molecule has 0 spiro atoms. The Kier molecular flexibility index (Phi) is 7.68. The van der Waals surface area contributed by atoms with Crippen LogP contribution in [0.3, 0.4) is 0 Å². The Hall–Kier alpha value is -1.85. The van der Waals surface area contributed by atoms with Crippen LogP contribution in [0.15, 0.2) is 11.8 Å². The molecule has 4 aliphatic rings. The summed E-state index contributed by atoms with van der Waals surface area (Å²) in [6, 6.07) is 0. The van der Waals surface area contributed by atoms with Crippen LogP contribution in [0.5, 0.6) is 0 Å². The van der Waals surface area contributed by atoms with Gasteiger partial charge in [-0.25, -0.2) is 0 Å². The van der Waals surface area contributed by atoms with E-state index in [0.29, 0.717) is 43.2 Å². The number of unbranched alkanes of at least 4 members (excludes halogenated alkanes) is 2. The quantitative estimate of drug-likeness (QED) is 0.361. The lowest BCUT2D eigenvalue weighted by Crippen LogP contribution is -2.59. The first-order chi connectivity index (χ1) is 16.6. The van der Waals surface area contributed by atoms with Gasteiger partial charge in [-0.15, -0.1) is 0 Å². The Balaban J connectivity index is 1.62. The number of carboxylic acid groups (broad SMARTS) is 1. The second kappa shape index (κ2) is 10.3. The fraction of sp³-hybridized carbons (Fsp3) is 0.828. The molecular weight excluding hydrogens is 440 g/mol. The SMILES string of the molecule is CCN(CC)C(=O)C1C[C@@]2(C)C(=CC1=O)N(CCCCCC(=O)O)C[C@@H]1[C@H]2CC[C@]2(C)CCC[C@@H]12. The third-order valence-corrected chi connectivity index (χ3v) is 10.3. The number of allylic oxidation sites excluding steroid dienone is 2. The Morgan fingerprint density at radius 3 is 2.51 bits per heavy atom. The Labute approximate surface area is 211 Å². The maximum Gasteiger partial charge on any atom is 0.303 e. The molecule has 0 bridgehead atoms. The molecule has 6 atom stereocenters. The van der Waals surface area contributed by atoms with E-state index in [9.17, 15) is 14.4 Å². The number of aliphatic carboxylic acids is 1. The highest BCUT2D eigenvalue weighted by Gasteiger charge is 2.59. The van der Waals surface area contributed by atoms with Gasteiger partial charge in [0, 0.05) is 49.8 Å². The lowest BCUT2D eigenvalue weighted by Gasteiger charge is -2.61. The van der Waals surface area contributed by atoms with E-state index in [1.165, 1.54) is 32.1 Å². The van der Waals surface area contributed by atoms with Crippen molar-refractivity contribution < 1.29 is 19.5 Å². The number of piperidine rings is 1. The van der Waals surface area contributed by atoms with E-state index >= 15 is 0 Å². The molecule has 6 nitrogen and oxygen atoms in total. The standard InChI is InChI=1S/C29H46N2O4/c1-5-30(6-2)27(35)20-18-29(4)23-13-15-28(3)14-10-11-22(28)21(23)19-31(25(29)17-24(20)32)16-9-7-8-12-26(33)34/h17,20-23H,5-16,18-19H2,1-4H3,(H,33,34)/t20?,21-,22-,23+,28-,29+/m0/s1. The number of rotatable bonds is 9. The molecule has 6 heteroatoms. The van der Waals surface area contributed by atoms with Crippen LogP contribution < -0.4 is 0 Å². The monoisotopic (exact) mass is 486 g/mol. The summed E-state index contributed by atoms with van der Waals surface area (Å²) in [6.45, 7) is 12.0. The number of fused-ring (bicyclic) bond motifs is 5. The van der Waals surface area contributed by atoms with Crippen molar-refractivity contribution in [3.05, 3.63) is 11.8 Å². The lowest BCUT2D eigenvalue weighted by molar-refractivity contribution is -0.145. The average Bonchev–Trinajstić information content (AvgIpc) is 3.21. The van der Waals surface area contributed by atoms with Crippen molar-refractivity contribution >= 4 is 17.7 Å². The van der Waals surface area contributed by atoms with E-state index in [1.54, 1.807) is 0 Å². The second-order valence-corrected chi connectivity index (χ2v) is 12.2. The zero-order valence-electron chi connectivity index (χ0n) is 22.4. The first kappa shape index (κ1) is 26.2. The van der Waals surface area contributed by atoms with Crippen molar-refractivity contribution in [3.8, 4) is 0 Å². The molecule has 1 saturated heterocycles. The van der Waals surface area contributed by atoms with Crippen LogP contribution in [-0.2, 0) is 14.4 Å². The third-order valence-electron chi connectivity index (χ3n) is 10.3. The summed E-state index contributed by atoms with van der Waals surface area (Å²) in [6.07, 6.45) is 11.6. The molecule has 3 fully saturated rings. The minimum absolute atomic E-state index is 0.000355. The van der Waals surface area contributed by atoms with Gasteiger partial charge in [-0.05, 0) is 82.0 Å². The van der Waals surface area contributed by atoms with E-state index in [4.69, 9.17) is 5.11 Å². The van der Waals surface area contributed by atoms with Gasteiger partial charge >= 0.3 is 5.97 Å². The first-order valence-electron chi connectivity index (χ1n) is 14.2. The maximum atomic E-state index is 13.4. The normalized spacial score (nSPS) is 36.2. The highest BCUT2D eigenvalue weighted by atomic mass is 16.4. The molecule has 1 N–H and O–H groups in total. The van der Waals surface area contributed by atoms with Crippen LogP contribution in [0.2, 0.25) is 0 Å². The smallest absolute Gasteiger partial charge is 0.303 e. The minimum Gasteiger partial charge on any atom is -0.481 e. The van der Waals surface area contributed by atoms with Gasteiger partial charge in [0.2, 0.25) is 5.91 Å². The minimum atomic E-state index is -0.731. The van der Waals surface area contributed by atoms with E-state index in [2.05, 4.69) is 18.7 Å². The van der Waals surface area contributed by atoms with Crippen LogP contribution in [0.25, 0.3) is 0 Å². The summed E-state index contributed by atoms with van der Waals surface area (Å²) >= 11 is 0. The molecule has 0 aromatic carbocycles. The molecular formula is C29H46N2O4. The summed E-state index contributed by atoms with van der Waals surface area (Å²) < 4.78 is 0. The van der Waals surface area contributed by atoms with E-state index in [-0.39, 0.29) is 23.5 Å². The molecule has 196 valence electrons. The van der Waals surface area contributed by atoms with Gasteiger partial charge in [0.25, 0.3) is 0 Å². The van der Waals surface area contributed by atoms with Crippen molar-refractivity contribution in [1.82, 2.24) is 9.80 Å². The molecule has 0 aromatic heterocycles. The summed E-state index contributed by atoms with van der Waals surface area (Å²) in [7, 11) is 0. The first-order valence-corrected chi connectivity index (χ1v) is 14.2. The Morgan fingerprint density at radius 1 is 1.09 bits per heavy atom. The van der Waals surface area contributed by atoms with Crippen molar-refractivity contribution in [3.63, 3.8) is 0 Å². The summed E-state index contributed by atoms with van der Waals surface area (Å²) in [5.41, 5.74) is 1.44. The molecule has 1 unspecified atom stereocenters. The largest absolute Gasteiger partial charge is 0.481 e. The van der Waals surface area contributed by atoms with Crippen molar-refractivity contribution in [2.75, 3.05) is 26.2 Å². The maximum absolute atomic E-state index is 13.4. The molecule has 35 heavy (non-hydrogen) atoms. The van der Waals surface area contributed by atoms with Crippen molar-refractivity contribution in [2.24, 2.45) is 34.5 Å². The average molecular weight is 487 g/mol. The van der Waals surface area contributed by atoms with Crippen LogP contribution in [0.4, 0.5) is 0 Å². The zero-order valence-corrected chi connectivity index (χ0v) is 22.4. The number of nitrogens with zero attached hydrogens (tertiary/aromatic N) is 2. The van der Waals surface area contributed by atoms with E-state index in [0.717, 1.165) is 37.5 Å². The van der Waals surface area contributed by atoms with Crippen LogP contribution >= 0.6 is 0 Å². The molecule has 3 aliphatic carbocycles. The Bertz CT molecular complexity index is 865. The predicted octanol–water partition coefficient (Wildman–Crippen LogP) is 5.13. The van der Waals surface area contributed by atoms with E-state index < -0.39 is 11.9 Å². The number of carbonyl (C=O) groups is 3. The predicted molar refractivity (Wildman–Crippen MR) is 137 cm³/mol. The fourth-order valence-corrected chi connectivity index (χ4v) is 8.43. The van der Waals surface area contributed by atoms with Gasteiger partial charge in [-0.1, -0.05) is 26.7 Å². The second-order valence-electron chi connectivity index (χ2n) is 12.2. The zero-order chi connectivity index (χ0) is 25.4. The summed E-state index contributed by atoms with van der Waals surface area (Å²) in [5, 5.41) is 8.98. The summed E-state index contributed by atoms with van der Waals surface area (Å²) in [5.74, 6) is 0.541. The van der Waals surface area contributed by atoms with Crippen molar-refractivity contribution in [1.29, 1.82) is 0 Å². The van der Waals surface area contributed by atoms with Gasteiger partial charge in [0.05, 0.1) is 0 Å². The van der Waals surface area contributed by atoms with Crippen molar-refractivity contribution in [2.45, 2.75) is 91.9 Å². The number of likely N-dealkylation sites (tertiary alicyclic amines) is 1. The van der Waals surface area contributed by atoms with Gasteiger partial charge in [0.1, 0.15) is 5.92 Å². The molecule has 1 aliphatic heterocycles. The molecule has 2 saturated carbocycles. The fourth-order valence-electron chi connectivity index (χ4n) is 8.43. The Morgan fingerprint density at radius 2 is 1.83 bits per heavy atom. The van der Waals surface area contributed by atoms with Crippen LogP contribution in [0, 0.1) is 34.5 Å². The molecule has 0 radical (unpaired) electrons. The highest BCUT2D eigenvalue weighted by molar-refractivity contribution is 6.08. The number of carbonyl (C=O) groups excluding carboxylic acids is 2. The van der Waals surface area contributed by atoms with Gasteiger partial charge in [-0.3, -0.25) is 14.4 Å². The van der Waals surface area contributed by atoms with Crippen LogP contribution in [-0.4, -0.2) is 58.7 Å². The number of hydrogen-bond donors (Lipinski definition) is 1. The van der Waals surface area contributed by atoms with Gasteiger partial charge < -0.3 is 14.9 Å². The third kappa shape index (κ3) is 4.79.